The second kappa shape index (κ2) is 9.84. The number of esters is 1. The summed E-state index contributed by atoms with van der Waals surface area (Å²) in [5, 5.41) is 2.60. The molecule has 31 heavy (non-hydrogen) atoms. The van der Waals surface area contributed by atoms with E-state index in [2.05, 4.69) is 26.0 Å². The van der Waals surface area contributed by atoms with E-state index in [0.29, 0.717) is 21.5 Å². The lowest BCUT2D eigenvalue weighted by molar-refractivity contribution is -0.143. The fourth-order valence-electron chi connectivity index (χ4n) is 2.86. The van der Waals surface area contributed by atoms with Gasteiger partial charge in [0.05, 0.1) is 17.3 Å². The zero-order valence-electron chi connectivity index (χ0n) is 16.8. The molecule has 1 saturated heterocycles. The largest absolute Gasteiger partial charge is 0.481 e. The van der Waals surface area contributed by atoms with E-state index in [9.17, 15) is 14.4 Å². The van der Waals surface area contributed by atoms with Gasteiger partial charge in [0.1, 0.15) is 11.3 Å². The minimum absolute atomic E-state index is 0.0316. The fraction of sp³-hybridized carbons (Fsp3) is 0.182. The van der Waals surface area contributed by atoms with Gasteiger partial charge >= 0.3 is 5.97 Å². The maximum atomic E-state index is 13.1. The van der Waals surface area contributed by atoms with Crippen LogP contribution in [0.2, 0.25) is 0 Å². The highest BCUT2D eigenvalue weighted by Gasteiger charge is 2.34. The molecule has 2 aromatic carbocycles. The number of aryl methyl sites for hydroxylation is 1. The summed E-state index contributed by atoms with van der Waals surface area (Å²) in [6.07, 6.45) is 2.34. The SMILES string of the molecule is CCc1ccc(N2C(=O)/C(=C/c3ccc(OCC(=O)OC)c(Br)c3)C(=O)NC2=S)cc1. The van der Waals surface area contributed by atoms with Crippen LogP contribution in [0.25, 0.3) is 6.08 Å². The number of amides is 2. The van der Waals surface area contributed by atoms with Gasteiger partial charge in [-0.15, -0.1) is 0 Å². The van der Waals surface area contributed by atoms with E-state index in [1.807, 2.05) is 19.1 Å². The summed E-state index contributed by atoms with van der Waals surface area (Å²) in [7, 11) is 1.27. The van der Waals surface area contributed by atoms with Gasteiger partial charge in [-0.05, 0) is 76.0 Å². The number of nitrogens with one attached hydrogen (secondary N) is 1. The molecular formula is C22H19BrN2O5S. The molecule has 1 aliphatic rings. The number of hydrogen-bond acceptors (Lipinski definition) is 6. The van der Waals surface area contributed by atoms with Gasteiger partial charge in [0.2, 0.25) is 0 Å². The Kier molecular flexibility index (Phi) is 7.19. The molecule has 7 nitrogen and oxygen atoms in total. The summed E-state index contributed by atoms with van der Waals surface area (Å²) < 4.78 is 10.5. The monoisotopic (exact) mass is 502 g/mol. The van der Waals surface area contributed by atoms with Crippen molar-refractivity contribution in [1.82, 2.24) is 5.32 Å². The van der Waals surface area contributed by atoms with Crippen molar-refractivity contribution in [3.8, 4) is 5.75 Å². The lowest BCUT2D eigenvalue weighted by atomic mass is 10.1. The fourth-order valence-corrected chi connectivity index (χ4v) is 3.65. The molecule has 9 heteroatoms. The number of thiocarbonyl (C=S) groups is 1. The number of carbonyl (C=O) groups is 3. The van der Waals surface area contributed by atoms with E-state index in [0.717, 1.165) is 12.0 Å². The van der Waals surface area contributed by atoms with Crippen LogP contribution in [0.1, 0.15) is 18.1 Å². The molecule has 0 saturated carbocycles. The molecule has 0 atom stereocenters. The van der Waals surface area contributed by atoms with Crippen LogP contribution in [-0.4, -0.2) is 36.6 Å². The zero-order chi connectivity index (χ0) is 22.5. The quantitative estimate of drug-likeness (QED) is 0.282. The smallest absolute Gasteiger partial charge is 0.343 e. The van der Waals surface area contributed by atoms with E-state index < -0.39 is 17.8 Å². The van der Waals surface area contributed by atoms with Crippen molar-refractivity contribution in [1.29, 1.82) is 0 Å². The van der Waals surface area contributed by atoms with E-state index in [1.165, 1.54) is 18.1 Å². The van der Waals surface area contributed by atoms with Crippen molar-refractivity contribution in [3.05, 3.63) is 63.6 Å². The minimum Gasteiger partial charge on any atom is -0.481 e. The molecule has 1 N–H and O–H groups in total. The van der Waals surface area contributed by atoms with Gasteiger partial charge < -0.3 is 9.47 Å². The van der Waals surface area contributed by atoms with Gasteiger partial charge in [-0.2, -0.15) is 0 Å². The second-order valence-corrected chi connectivity index (χ2v) is 7.77. The number of rotatable bonds is 6. The Morgan fingerprint density at radius 1 is 1.19 bits per heavy atom. The first-order chi connectivity index (χ1) is 14.8. The highest BCUT2D eigenvalue weighted by Crippen LogP contribution is 2.28. The molecule has 2 amide bonds. The van der Waals surface area contributed by atoms with Crippen LogP contribution in [0.3, 0.4) is 0 Å². The standard InChI is InChI=1S/C22H19BrN2O5S/c1-3-13-4-7-15(8-5-13)25-21(28)16(20(27)24-22(25)31)10-14-6-9-18(17(23)11-14)30-12-19(26)29-2/h4-11H,3,12H2,1-2H3,(H,24,27,31)/b16-10+. The summed E-state index contributed by atoms with van der Waals surface area (Å²) in [6, 6.07) is 12.4. The van der Waals surface area contributed by atoms with Crippen molar-refractivity contribution in [2.75, 3.05) is 18.6 Å². The number of carbonyl (C=O) groups excluding carboxylic acids is 3. The molecule has 0 aromatic heterocycles. The molecular weight excluding hydrogens is 484 g/mol. The Labute approximate surface area is 193 Å². The Morgan fingerprint density at radius 3 is 2.52 bits per heavy atom. The van der Waals surface area contributed by atoms with Crippen LogP contribution in [-0.2, 0) is 25.5 Å². The lowest BCUT2D eigenvalue weighted by Crippen LogP contribution is -2.54. The first kappa shape index (κ1) is 22.6. The number of benzene rings is 2. The molecule has 0 spiro atoms. The number of anilines is 1. The van der Waals surface area contributed by atoms with Gasteiger partial charge in [0, 0.05) is 0 Å². The number of nitrogens with zero attached hydrogens (tertiary/aromatic N) is 1. The lowest BCUT2D eigenvalue weighted by Gasteiger charge is -2.29. The van der Waals surface area contributed by atoms with Crippen molar-refractivity contribution >= 4 is 62.8 Å². The van der Waals surface area contributed by atoms with Gasteiger partial charge in [0.15, 0.2) is 11.7 Å². The average molecular weight is 503 g/mol. The average Bonchev–Trinajstić information content (AvgIpc) is 2.76. The van der Waals surface area contributed by atoms with Crippen LogP contribution < -0.4 is 15.0 Å². The third-order valence-electron chi connectivity index (χ3n) is 4.54. The van der Waals surface area contributed by atoms with E-state index in [1.54, 1.807) is 30.3 Å². The Morgan fingerprint density at radius 2 is 1.90 bits per heavy atom. The Balaban J connectivity index is 1.87. The van der Waals surface area contributed by atoms with Crippen LogP contribution in [0, 0.1) is 0 Å². The summed E-state index contributed by atoms with van der Waals surface area (Å²) >= 11 is 8.59. The number of ether oxygens (including phenoxy) is 2. The second-order valence-electron chi connectivity index (χ2n) is 6.53. The summed E-state index contributed by atoms with van der Waals surface area (Å²) in [6.45, 7) is 1.80. The van der Waals surface area contributed by atoms with Gasteiger partial charge in [-0.3, -0.25) is 19.8 Å². The predicted octanol–water partition coefficient (Wildman–Crippen LogP) is 3.39. The topological polar surface area (TPSA) is 84.9 Å². The number of hydrogen-bond donors (Lipinski definition) is 1. The van der Waals surface area contributed by atoms with Gasteiger partial charge in [-0.25, -0.2) is 4.79 Å². The summed E-state index contributed by atoms with van der Waals surface area (Å²) in [4.78, 5) is 38.1. The van der Waals surface area contributed by atoms with Gasteiger partial charge in [-0.1, -0.05) is 25.1 Å². The third-order valence-corrected chi connectivity index (χ3v) is 5.45. The van der Waals surface area contributed by atoms with E-state index in [4.69, 9.17) is 17.0 Å². The van der Waals surface area contributed by atoms with Crippen molar-refractivity contribution in [3.63, 3.8) is 0 Å². The zero-order valence-corrected chi connectivity index (χ0v) is 19.2. The Bertz CT molecular complexity index is 1080. The first-order valence-electron chi connectivity index (χ1n) is 9.33. The maximum Gasteiger partial charge on any atom is 0.343 e. The molecule has 1 aliphatic heterocycles. The molecule has 3 rings (SSSR count). The van der Waals surface area contributed by atoms with Crippen LogP contribution in [0.4, 0.5) is 5.69 Å². The summed E-state index contributed by atoms with van der Waals surface area (Å²) in [5.41, 5.74) is 2.23. The number of methoxy groups -OCH3 is 1. The van der Waals surface area contributed by atoms with Gasteiger partial charge in [0.25, 0.3) is 11.8 Å². The van der Waals surface area contributed by atoms with E-state index in [-0.39, 0.29) is 17.3 Å². The molecule has 2 aromatic rings. The Hall–Kier alpha value is -3.04. The first-order valence-corrected chi connectivity index (χ1v) is 10.5. The molecule has 0 unspecified atom stereocenters. The number of halogens is 1. The van der Waals surface area contributed by atoms with Crippen molar-refractivity contribution < 1.29 is 23.9 Å². The molecule has 0 bridgehead atoms. The van der Waals surface area contributed by atoms with Crippen LogP contribution >= 0.6 is 28.1 Å². The minimum atomic E-state index is -0.571. The highest BCUT2D eigenvalue weighted by molar-refractivity contribution is 9.10. The van der Waals surface area contributed by atoms with Crippen LogP contribution in [0.15, 0.2) is 52.5 Å². The molecule has 1 heterocycles. The molecule has 0 radical (unpaired) electrons. The van der Waals surface area contributed by atoms with Crippen LogP contribution in [0.5, 0.6) is 5.75 Å². The third kappa shape index (κ3) is 5.18. The van der Waals surface area contributed by atoms with Crippen molar-refractivity contribution in [2.24, 2.45) is 0 Å². The molecule has 160 valence electrons. The maximum absolute atomic E-state index is 13.1. The summed E-state index contributed by atoms with van der Waals surface area (Å²) in [5.74, 6) is -1.17. The predicted molar refractivity (Wildman–Crippen MR) is 124 cm³/mol. The molecule has 0 aliphatic carbocycles. The highest BCUT2D eigenvalue weighted by atomic mass is 79.9. The molecule has 1 fully saturated rings. The van der Waals surface area contributed by atoms with E-state index >= 15 is 0 Å². The van der Waals surface area contributed by atoms with Crippen molar-refractivity contribution in [2.45, 2.75) is 13.3 Å². The normalized spacial score (nSPS) is 15.1.